The van der Waals surface area contributed by atoms with Gasteiger partial charge in [-0.1, -0.05) is 29.8 Å². The molecule has 1 aromatic rings. The minimum atomic E-state index is -0.353. The van der Waals surface area contributed by atoms with Crippen molar-refractivity contribution in [2.24, 2.45) is 11.7 Å². The van der Waals surface area contributed by atoms with Crippen LogP contribution in [0.15, 0.2) is 24.3 Å². The molecule has 4 heteroatoms. The number of hydrogen-bond acceptors (Lipinski definition) is 2. The molecule has 112 valence electrons. The smallest absolute Gasteiger partial charge is 0.233 e. The highest BCUT2D eigenvalue weighted by Gasteiger charge is 2.61. The van der Waals surface area contributed by atoms with Gasteiger partial charge in [0.2, 0.25) is 5.91 Å². The van der Waals surface area contributed by atoms with E-state index in [0.29, 0.717) is 12.5 Å². The molecule has 0 aromatic heterocycles. The van der Waals surface area contributed by atoms with E-state index in [0.717, 1.165) is 25.1 Å². The molecule has 0 radical (unpaired) electrons. The van der Waals surface area contributed by atoms with Gasteiger partial charge < -0.3 is 10.6 Å². The van der Waals surface area contributed by atoms with Gasteiger partial charge in [-0.25, -0.2) is 0 Å². The molecule has 0 unspecified atom stereocenters. The number of nitrogens with zero attached hydrogens (tertiary/aromatic N) is 1. The van der Waals surface area contributed by atoms with Gasteiger partial charge in [0.1, 0.15) is 0 Å². The predicted molar refractivity (Wildman–Crippen MR) is 85.2 cm³/mol. The average molecular weight is 297 g/mol. The number of rotatable bonds is 5. The molecule has 20 heavy (non-hydrogen) atoms. The van der Waals surface area contributed by atoms with Gasteiger partial charge in [0.25, 0.3) is 0 Å². The van der Waals surface area contributed by atoms with E-state index in [9.17, 15) is 4.79 Å². The van der Waals surface area contributed by atoms with Crippen molar-refractivity contribution >= 4 is 18.3 Å². The number of nitrogens with two attached hydrogens (primary N) is 1. The lowest BCUT2D eigenvalue weighted by molar-refractivity contribution is -0.134. The Morgan fingerprint density at radius 2 is 1.85 bits per heavy atom. The van der Waals surface area contributed by atoms with Crippen LogP contribution in [-0.4, -0.2) is 30.4 Å². The van der Waals surface area contributed by atoms with Gasteiger partial charge in [0, 0.05) is 13.1 Å². The second-order valence-corrected chi connectivity index (χ2v) is 5.45. The maximum Gasteiger partial charge on any atom is 0.233 e. The number of carbonyl (C=O) groups is 1. The quantitative estimate of drug-likeness (QED) is 0.907. The summed E-state index contributed by atoms with van der Waals surface area (Å²) < 4.78 is 0. The summed E-state index contributed by atoms with van der Waals surface area (Å²) in [5.74, 6) is 0.542. The first-order valence-electron chi connectivity index (χ1n) is 7.16. The second-order valence-electron chi connectivity index (χ2n) is 5.45. The number of likely N-dealkylation sites (N-methyl/N-ethyl adjacent to an activating group) is 1. The van der Waals surface area contributed by atoms with Crippen molar-refractivity contribution in [3.8, 4) is 0 Å². The number of benzene rings is 1. The molecule has 0 bridgehead atoms. The van der Waals surface area contributed by atoms with Gasteiger partial charge >= 0.3 is 0 Å². The zero-order valence-electron chi connectivity index (χ0n) is 12.6. The number of carbonyl (C=O) groups excluding carboxylic acids is 1. The zero-order chi connectivity index (χ0) is 14.0. The highest BCUT2D eigenvalue weighted by molar-refractivity contribution is 5.92. The van der Waals surface area contributed by atoms with Crippen LogP contribution in [0.2, 0.25) is 0 Å². The molecule has 0 spiro atoms. The SMILES string of the molecule is CCN(CC)C(=O)[C@@]1(c2ccc(C)cc2)C[C@H]1CN.Cl. The van der Waals surface area contributed by atoms with E-state index >= 15 is 0 Å². The van der Waals surface area contributed by atoms with Crippen molar-refractivity contribution in [2.45, 2.75) is 32.6 Å². The Balaban J connectivity index is 0.00000200. The summed E-state index contributed by atoms with van der Waals surface area (Å²) in [5, 5.41) is 0. The fourth-order valence-electron chi connectivity index (χ4n) is 3.00. The van der Waals surface area contributed by atoms with Crippen LogP contribution in [0.25, 0.3) is 0 Å². The van der Waals surface area contributed by atoms with Crippen molar-refractivity contribution in [1.82, 2.24) is 4.90 Å². The Morgan fingerprint density at radius 3 is 2.25 bits per heavy atom. The topological polar surface area (TPSA) is 46.3 Å². The zero-order valence-corrected chi connectivity index (χ0v) is 13.4. The van der Waals surface area contributed by atoms with Crippen molar-refractivity contribution in [3.63, 3.8) is 0 Å². The summed E-state index contributed by atoms with van der Waals surface area (Å²) in [6, 6.07) is 8.34. The van der Waals surface area contributed by atoms with Gasteiger partial charge in [0.15, 0.2) is 0 Å². The van der Waals surface area contributed by atoms with Gasteiger partial charge in [0.05, 0.1) is 5.41 Å². The predicted octanol–water partition coefficient (Wildman–Crippen LogP) is 2.50. The lowest BCUT2D eigenvalue weighted by Crippen LogP contribution is -2.40. The van der Waals surface area contributed by atoms with Crippen molar-refractivity contribution in [1.29, 1.82) is 0 Å². The lowest BCUT2D eigenvalue weighted by Gasteiger charge is -2.26. The third-order valence-electron chi connectivity index (χ3n) is 4.39. The first-order valence-corrected chi connectivity index (χ1v) is 7.16. The minimum absolute atomic E-state index is 0. The van der Waals surface area contributed by atoms with Crippen LogP contribution >= 0.6 is 12.4 Å². The number of amides is 1. The number of hydrogen-bond donors (Lipinski definition) is 1. The van der Waals surface area contributed by atoms with Crippen LogP contribution in [0, 0.1) is 12.8 Å². The summed E-state index contributed by atoms with van der Waals surface area (Å²) in [7, 11) is 0. The third-order valence-corrected chi connectivity index (χ3v) is 4.39. The molecule has 0 heterocycles. The number of aryl methyl sites for hydroxylation is 1. The van der Waals surface area contributed by atoms with E-state index in [1.165, 1.54) is 5.56 Å². The minimum Gasteiger partial charge on any atom is -0.342 e. The average Bonchev–Trinajstić information content (AvgIpc) is 3.16. The van der Waals surface area contributed by atoms with E-state index in [4.69, 9.17) is 5.73 Å². The first-order chi connectivity index (χ1) is 9.09. The summed E-state index contributed by atoms with van der Waals surface area (Å²) >= 11 is 0. The molecule has 1 aliphatic carbocycles. The van der Waals surface area contributed by atoms with Crippen molar-refractivity contribution in [3.05, 3.63) is 35.4 Å². The van der Waals surface area contributed by atoms with E-state index in [1.807, 2.05) is 18.7 Å². The molecule has 1 aromatic carbocycles. The maximum absolute atomic E-state index is 12.8. The van der Waals surface area contributed by atoms with Gasteiger partial charge in [-0.2, -0.15) is 0 Å². The summed E-state index contributed by atoms with van der Waals surface area (Å²) in [5.41, 5.74) is 7.83. The van der Waals surface area contributed by atoms with Crippen LogP contribution in [0.4, 0.5) is 0 Å². The Labute approximate surface area is 127 Å². The molecule has 0 aliphatic heterocycles. The maximum atomic E-state index is 12.8. The molecule has 1 aliphatic rings. The molecular weight excluding hydrogens is 272 g/mol. The Bertz CT molecular complexity index is 456. The van der Waals surface area contributed by atoms with E-state index in [1.54, 1.807) is 0 Å². The summed E-state index contributed by atoms with van der Waals surface area (Å²) in [6.45, 7) is 8.24. The van der Waals surface area contributed by atoms with E-state index < -0.39 is 0 Å². The van der Waals surface area contributed by atoms with Crippen molar-refractivity contribution < 1.29 is 4.79 Å². The van der Waals surface area contributed by atoms with Crippen LogP contribution in [0.5, 0.6) is 0 Å². The van der Waals surface area contributed by atoms with E-state index in [2.05, 4.69) is 31.2 Å². The second kappa shape index (κ2) is 6.59. The van der Waals surface area contributed by atoms with E-state index in [-0.39, 0.29) is 23.7 Å². The van der Waals surface area contributed by atoms with Gasteiger partial charge in [-0.05, 0) is 45.2 Å². The van der Waals surface area contributed by atoms with Crippen LogP contribution in [0.3, 0.4) is 0 Å². The summed E-state index contributed by atoms with van der Waals surface area (Å²) in [6.07, 6.45) is 0.891. The van der Waals surface area contributed by atoms with Gasteiger partial charge in [-0.15, -0.1) is 12.4 Å². The molecule has 0 saturated heterocycles. The lowest BCUT2D eigenvalue weighted by atomic mass is 9.90. The Hall–Kier alpha value is -1.06. The standard InChI is InChI=1S/C16H24N2O.ClH/c1-4-18(5-2)15(19)16(10-14(16)11-17)13-8-6-12(3)7-9-13;/h6-9,14H,4-5,10-11,17H2,1-3H3;1H/t14-,16+;/m0./s1. The molecule has 2 rings (SSSR count). The largest absolute Gasteiger partial charge is 0.342 e. The highest BCUT2D eigenvalue weighted by Crippen LogP contribution is 2.54. The molecule has 2 N–H and O–H groups in total. The fourth-order valence-corrected chi connectivity index (χ4v) is 3.00. The molecule has 3 nitrogen and oxygen atoms in total. The Morgan fingerprint density at radius 1 is 1.30 bits per heavy atom. The molecule has 2 atom stereocenters. The Kier molecular flexibility index (Phi) is 5.60. The monoisotopic (exact) mass is 296 g/mol. The fraction of sp³-hybridized carbons (Fsp3) is 0.562. The van der Waals surface area contributed by atoms with Gasteiger partial charge in [-0.3, -0.25) is 4.79 Å². The first kappa shape index (κ1) is 17.0. The van der Waals surface area contributed by atoms with Crippen molar-refractivity contribution in [2.75, 3.05) is 19.6 Å². The highest BCUT2D eigenvalue weighted by atomic mass is 35.5. The summed E-state index contributed by atoms with van der Waals surface area (Å²) in [4.78, 5) is 14.7. The number of halogens is 1. The normalized spacial score (nSPS) is 23.9. The molecule has 1 amide bonds. The molecular formula is C16H25ClN2O. The molecule has 1 saturated carbocycles. The molecule has 1 fully saturated rings. The van der Waals surface area contributed by atoms with Crippen LogP contribution in [-0.2, 0) is 10.2 Å². The third kappa shape index (κ3) is 2.70. The van der Waals surface area contributed by atoms with Crippen LogP contribution < -0.4 is 5.73 Å². The van der Waals surface area contributed by atoms with Crippen LogP contribution in [0.1, 0.15) is 31.4 Å².